The molecule has 1 aromatic carbocycles. The van der Waals surface area contributed by atoms with Crippen LogP contribution < -0.4 is 15.8 Å². The van der Waals surface area contributed by atoms with Gasteiger partial charge in [0.1, 0.15) is 11.4 Å². The Balaban J connectivity index is 1.51. The summed E-state index contributed by atoms with van der Waals surface area (Å²) >= 11 is 6.38. The van der Waals surface area contributed by atoms with Crippen LogP contribution in [0.3, 0.4) is 0 Å². The summed E-state index contributed by atoms with van der Waals surface area (Å²) in [6.07, 6.45) is 2.21. The molecule has 34 heavy (non-hydrogen) atoms. The molecular formula is C25H35ClN4O4. The number of nitrogens with one attached hydrogen (secondary N) is 1. The van der Waals surface area contributed by atoms with Crippen LogP contribution in [0.25, 0.3) is 0 Å². The highest BCUT2D eigenvalue weighted by Crippen LogP contribution is 2.47. The molecule has 2 unspecified atom stereocenters. The summed E-state index contributed by atoms with van der Waals surface area (Å²) in [5, 5.41) is 3.76. The van der Waals surface area contributed by atoms with Crippen LogP contribution in [0.5, 0.6) is 5.75 Å². The van der Waals surface area contributed by atoms with Crippen molar-refractivity contribution in [3.05, 3.63) is 28.8 Å². The number of nitrogens with two attached hydrogens (primary N) is 1. The number of hydrogen-bond donors (Lipinski definition) is 2. The molecule has 0 bridgehead atoms. The fourth-order valence-corrected chi connectivity index (χ4v) is 5.51. The van der Waals surface area contributed by atoms with Gasteiger partial charge in [-0.2, -0.15) is 0 Å². The number of hydrogen-bond acceptors (Lipinski definition) is 6. The minimum absolute atomic E-state index is 0.000690. The Labute approximate surface area is 206 Å². The number of aliphatic imine (C=N–C) groups is 1. The van der Waals surface area contributed by atoms with Crippen LogP contribution >= 0.6 is 11.6 Å². The van der Waals surface area contributed by atoms with Crippen molar-refractivity contribution in [3.63, 3.8) is 0 Å². The van der Waals surface area contributed by atoms with Crippen molar-refractivity contribution in [3.8, 4) is 5.75 Å². The number of methoxy groups -OCH3 is 1. The first-order valence-corrected chi connectivity index (χ1v) is 12.2. The number of nitrogens with zero attached hydrogens (tertiary/aromatic N) is 2. The quantitative estimate of drug-likeness (QED) is 0.609. The zero-order chi connectivity index (χ0) is 24.8. The maximum Gasteiger partial charge on any atom is 0.231 e. The highest BCUT2D eigenvalue weighted by atomic mass is 35.5. The number of guanidine groups is 1. The Morgan fingerprint density at radius 1 is 1.38 bits per heavy atom. The van der Waals surface area contributed by atoms with Gasteiger partial charge in [-0.1, -0.05) is 23.7 Å². The minimum atomic E-state index is -0.520. The molecule has 9 heteroatoms. The standard InChI is InChI=1S/C25H35ClN4O4/c1-24(2)13-20(31)30(23(27)29-24)19(9-10-33-5)15-11-16(15)22(32)28-18-12-25(3,4)34-21-14(18)7-6-8-17(21)26/h6-8,15-16,18-19H,9-13H2,1-5H3,(H2,27,29)(H,28,32)/t15?,16?,18-,19+/m0/s1. The predicted molar refractivity (Wildman–Crippen MR) is 131 cm³/mol. The van der Waals surface area contributed by atoms with Gasteiger partial charge in [0.25, 0.3) is 0 Å². The number of fused-ring (bicyclic) bond motifs is 1. The van der Waals surface area contributed by atoms with Crippen molar-refractivity contribution >= 4 is 29.4 Å². The molecule has 0 saturated heterocycles. The molecule has 186 valence electrons. The zero-order valence-corrected chi connectivity index (χ0v) is 21.3. The van der Waals surface area contributed by atoms with E-state index in [-0.39, 0.29) is 48.1 Å². The van der Waals surface area contributed by atoms with Gasteiger partial charge >= 0.3 is 0 Å². The van der Waals surface area contributed by atoms with Crippen LogP contribution in [0.1, 0.15) is 65.0 Å². The van der Waals surface area contributed by atoms with E-state index in [1.807, 2.05) is 39.8 Å². The summed E-state index contributed by atoms with van der Waals surface area (Å²) in [7, 11) is 1.63. The molecule has 0 radical (unpaired) electrons. The van der Waals surface area contributed by atoms with Gasteiger partial charge in [-0.15, -0.1) is 0 Å². The van der Waals surface area contributed by atoms with Gasteiger partial charge in [0, 0.05) is 37.7 Å². The van der Waals surface area contributed by atoms with Crippen LogP contribution in [-0.4, -0.2) is 53.6 Å². The monoisotopic (exact) mass is 490 g/mol. The second-order valence-electron chi connectivity index (χ2n) is 10.9. The molecular weight excluding hydrogens is 456 g/mol. The van der Waals surface area contributed by atoms with E-state index in [0.29, 0.717) is 36.6 Å². The number of carbonyl (C=O) groups excluding carboxylic acids is 2. The largest absolute Gasteiger partial charge is 0.486 e. The first-order valence-electron chi connectivity index (χ1n) is 11.9. The Morgan fingerprint density at radius 2 is 2.12 bits per heavy atom. The average Bonchev–Trinajstić information content (AvgIpc) is 3.50. The number of benzene rings is 1. The highest BCUT2D eigenvalue weighted by molar-refractivity contribution is 6.32. The van der Waals surface area contributed by atoms with Crippen molar-refractivity contribution in [2.24, 2.45) is 22.6 Å². The molecule has 4 rings (SSSR count). The zero-order valence-electron chi connectivity index (χ0n) is 20.6. The van der Waals surface area contributed by atoms with Gasteiger partial charge in [0.2, 0.25) is 11.8 Å². The molecule has 1 saturated carbocycles. The van der Waals surface area contributed by atoms with Gasteiger partial charge < -0.3 is 20.5 Å². The van der Waals surface area contributed by atoms with Crippen molar-refractivity contribution in [1.82, 2.24) is 10.2 Å². The molecule has 1 fully saturated rings. The van der Waals surface area contributed by atoms with E-state index in [9.17, 15) is 9.59 Å². The maximum absolute atomic E-state index is 13.3. The van der Waals surface area contributed by atoms with Crippen LogP contribution in [0.15, 0.2) is 23.2 Å². The fraction of sp³-hybridized carbons (Fsp3) is 0.640. The molecule has 1 aliphatic carbocycles. The molecule has 3 aliphatic rings. The van der Waals surface area contributed by atoms with Gasteiger partial charge in [-0.3, -0.25) is 14.5 Å². The lowest BCUT2D eigenvalue weighted by Gasteiger charge is -2.39. The van der Waals surface area contributed by atoms with Crippen molar-refractivity contribution in [2.75, 3.05) is 13.7 Å². The molecule has 2 heterocycles. The van der Waals surface area contributed by atoms with Crippen LogP contribution in [0.2, 0.25) is 5.02 Å². The topological polar surface area (TPSA) is 106 Å². The van der Waals surface area contributed by atoms with Crippen molar-refractivity contribution in [1.29, 1.82) is 0 Å². The molecule has 4 atom stereocenters. The van der Waals surface area contributed by atoms with E-state index >= 15 is 0 Å². The Hall–Kier alpha value is -2.32. The molecule has 8 nitrogen and oxygen atoms in total. The predicted octanol–water partition coefficient (Wildman–Crippen LogP) is 3.43. The number of carbonyl (C=O) groups is 2. The second-order valence-corrected chi connectivity index (χ2v) is 11.3. The third kappa shape index (κ3) is 5.03. The third-order valence-electron chi connectivity index (χ3n) is 6.90. The molecule has 3 N–H and O–H groups in total. The number of rotatable bonds is 7. The highest BCUT2D eigenvalue weighted by Gasteiger charge is 2.52. The lowest BCUT2D eigenvalue weighted by atomic mass is 9.89. The molecule has 2 amide bonds. The SMILES string of the molecule is COCC[C@H](C1CC1C(=O)N[C@H]1CC(C)(C)Oc2c(Cl)cccc21)N1C(=O)CC(C)(C)N=C1N. The number of para-hydroxylation sites is 1. The maximum atomic E-state index is 13.3. The molecule has 0 aromatic heterocycles. The number of ether oxygens (including phenoxy) is 2. The second kappa shape index (κ2) is 9.04. The third-order valence-corrected chi connectivity index (χ3v) is 7.20. The van der Waals surface area contributed by atoms with Crippen LogP contribution in [-0.2, 0) is 14.3 Å². The summed E-state index contributed by atoms with van der Waals surface area (Å²) in [5.41, 5.74) is 6.15. The summed E-state index contributed by atoms with van der Waals surface area (Å²) in [5.74, 6) is 0.567. The Kier molecular flexibility index (Phi) is 6.59. The summed E-state index contributed by atoms with van der Waals surface area (Å²) in [4.78, 5) is 32.4. The van der Waals surface area contributed by atoms with Gasteiger partial charge in [-0.25, -0.2) is 4.99 Å². The normalized spacial score (nSPS) is 27.8. The summed E-state index contributed by atoms with van der Waals surface area (Å²) < 4.78 is 11.4. The lowest BCUT2D eigenvalue weighted by molar-refractivity contribution is -0.132. The van der Waals surface area contributed by atoms with Gasteiger partial charge in [0.15, 0.2) is 5.96 Å². The van der Waals surface area contributed by atoms with E-state index in [1.54, 1.807) is 18.1 Å². The number of halogens is 1. The van der Waals surface area contributed by atoms with Crippen molar-refractivity contribution in [2.45, 2.75) is 76.6 Å². The Morgan fingerprint density at radius 3 is 2.79 bits per heavy atom. The Bertz CT molecular complexity index is 1010. The number of amides is 2. The minimum Gasteiger partial charge on any atom is -0.486 e. The fourth-order valence-electron chi connectivity index (χ4n) is 5.29. The van der Waals surface area contributed by atoms with E-state index in [1.165, 1.54) is 0 Å². The smallest absolute Gasteiger partial charge is 0.231 e. The average molecular weight is 491 g/mol. The molecule has 0 spiro atoms. The molecule has 1 aromatic rings. The first-order chi connectivity index (χ1) is 15.9. The summed E-state index contributed by atoms with van der Waals surface area (Å²) in [6.45, 7) is 8.24. The van der Waals surface area contributed by atoms with E-state index < -0.39 is 11.1 Å². The van der Waals surface area contributed by atoms with E-state index in [4.69, 9.17) is 26.8 Å². The van der Waals surface area contributed by atoms with E-state index in [2.05, 4.69) is 10.3 Å². The van der Waals surface area contributed by atoms with Crippen LogP contribution in [0.4, 0.5) is 0 Å². The first kappa shape index (κ1) is 24.8. The van der Waals surface area contributed by atoms with Gasteiger partial charge in [0.05, 0.1) is 23.0 Å². The lowest BCUT2D eigenvalue weighted by Crippen LogP contribution is -2.55. The molecule has 2 aliphatic heterocycles. The van der Waals surface area contributed by atoms with Crippen LogP contribution in [0, 0.1) is 11.8 Å². The van der Waals surface area contributed by atoms with Crippen molar-refractivity contribution < 1.29 is 19.1 Å². The van der Waals surface area contributed by atoms with E-state index in [0.717, 1.165) is 5.56 Å². The van der Waals surface area contributed by atoms with Gasteiger partial charge in [-0.05, 0) is 52.5 Å². The summed E-state index contributed by atoms with van der Waals surface area (Å²) in [6, 6.07) is 5.18.